The number of carbonyl (C=O) groups is 3. The maximum atomic E-state index is 11.8. The quantitative estimate of drug-likeness (QED) is 0.706. The number of ether oxygens (including phenoxy) is 1. The van der Waals surface area contributed by atoms with Crippen LogP contribution in [0.25, 0.3) is 0 Å². The van der Waals surface area contributed by atoms with Gasteiger partial charge in [-0.25, -0.2) is 4.98 Å². The molecule has 0 saturated heterocycles. The summed E-state index contributed by atoms with van der Waals surface area (Å²) in [4.78, 5) is 39.0. The van der Waals surface area contributed by atoms with Crippen LogP contribution in [0.5, 0.6) is 0 Å². The Morgan fingerprint density at radius 2 is 1.73 bits per heavy atom. The lowest BCUT2D eigenvalue weighted by Gasteiger charge is -2.08. The fourth-order valence-corrected chi connectivity index (χ4v) is 2.28. The van der Waals surface area contributed by atoms with Crippen molar-refractivity contribution in [3.63, 3.8) is 0 Å². The van der Waals surface area contributed by atoms with Crippen LogP contribution in [-0.4, -0.2) is 35.9 Å². The lowest BCUT2D eigenvalue weighted by atomic mass is 10.2. The molecule has 0 aliphatic heterocycles. The number of anilines is 1. The second-order valence-corrected chi connectivity index (χ2v) is 6.16. The molecule has 26 heavy (non-hydrogen) atoms. The van der Waals surface area contributed by atoms with Crippen molar-refractivity contribution in [3.8, 4) is 0 Å². The lowest BCUT2D eigenvalue weighted by Crippen LogP contribution is -2.32. The summed E-state index contributed by atoms with van der Waals surface area (Å²) in [6.07, 6.45) is 1.31. The molecule has 1 aromatic heterocycles. The third-order valence-electron chi connectivity index (χ3n) is 2.93. The molecule has 0 atom stereocenters. The van der Waals surface area contributed by atoms with Crippen molar-refractivity contribution in [2.24, 2.45) is 0 Å². The Kier molecular flexibility index (Phi) is 7.20. The van der Waals surface area contributed by atoms with Gasteiger partial charge in [0.05, 0.1) is 10.0 Å². The summed E-state index contributed by atoms with van der Waals surface area (Å²) in [5.74, 6) is -1.80. The van der Waals surface area contributed by atoms with E-state index in [2.05, 4.69) is 15.6 Å². The van der Waals surface area contributed by atoms with E-state index in [4.69, 9.17) is 39.5 Å². The fraction of sp³-hybridized carbons (Fsp3) is 0.125. The number of esters is 1. The van der Waals surface area contributed by atoms with Crippen LogP contribution in [0.2, 0.25) is 15.1 Å². The Labute approximate surface area is 163 Å². The maximum Gasteiger partial charge on any atom is 0.325 e. The number of nitrogens with zero attached hydrogens (tertiary/aromatic N) is 1. The molecule has 1 aromatic carbocycles. The van der Waals surface area contributed by atoms with E-state index in [0.29, 0.717) is 15.6 Å². The van der Waals surface area contributed by atoms with Crippen molar-refractivity contribution in [1.29, 1.82) is 0 Å². The highest BCUT2D eigenvalue weighted by atomic mass is 35.5. The van der Waals surface area contributed by atoms with Gasteiger partial charge in [-0.15, -0.1) is 0 Å². The Morgan fingerprint density at radius 1 is 1.04 bits per heavy atom. The SMILES string of the molecule is O=C(COC(=O)CNC(=O)c1ccc(Cl)cc1)Nc1ncc(Cl)cc1Cl. The van der Waals surface area contributed by atoms with Gasteiger partial charge in [-0.2, -0.15) is 0 Å². The molecule has 7 nitrogen and oxygen atoms in total. The van der Waals surface area contributed by atoms with Crippen LogP contribution in [0.1, 0.15) is 10.4 Å². The Morgan fingerprint density at radius 3 is 2.38 bits per heavy atom. The van der Waals surface area contributed by atoms with Gasteiger partial charge in [-0.1, -0.05) is 34.8 Å². The number of rotatable bonds is 6. The molecule has 0 spiro atoms. The summed E-state index contributed by atoms with van der Waals surface area (Å²) in [5.41, 5.74) is 0.336. The number of amides is 2. The van der Waals surface area contributed by atoms with Crippen molar-refractivity contribution in [1.82, 2.24) is 10.3 Å². The predicted molar refractivity (Wildman–Crippen MR) is 97.6 cm³/mol. The van der Waals surface area contributed by atoms with E-state index in [1.807, 2.05) is 0 Å². The van der Waals surface area contributed by atoms with Gasteiger partial charge >= 0.3 is 5.97 Å². The summed E-state index contributed by atoms with van der Waals surface area (Å²) in [6.45, 7) is -0.953. The highest BCUT2D eigenvalue weighted by Gasteiger charge is 2.12. The summed E-state index contributed by atoms with van der Waals surface area (Å²) in [5, 5.41) is 5.69. The van der Waals surface area contributed by atoms with Crippen LogP contribution in [-0.2, 0) is 14.3 Å². The van der Waals surface area contributed by atoms with E-state index < -0.39 is 30.9 Å². The van der Waals surface area contributed by atoms with Gasteiger partial charge in [0.2, 0.25) is 0 Å². The Balaban J connectivity index is 1.74. The van der Waals surface area contributed by atoms with Gasteiger partial charge in [0.15, 0.2) is 12.4 Å². The molecular weight excluding hydrogens is 405 g/mol. The summed E-state index contributed by atoms with van der Waals surface area (Å²) in [6, 6.07) is 7.53. The number of aromatic nitrogens is 1. The minimum absolute atomic E-state index is 0.0909. The summed E-state index contributed by atoms with van der Waals surface area (Å²) in [7, 11) is 0. The molecular formula is C16H12Cl3N3O4. The van der Waals surface area contributed by atoms with E-state index in [0.717, 1.165) is 0 Å². The van der Waals surface area contributed by atoms with Gasteiger partial charge in [0.1, 0.15) is 6.54 Å². The highest BCUT2D eigenvalue weighted by molar-refractivity contribution is 6.36. The third kappa shape index (κ3) is 6.18. The zero-order valence-electron chi connectivity index (χ0n) is 13.1. The van der Waals surface area contributed by atoms with Gasteiger partial charge in [0.25, 0.3) is 11.8 Å². The van der Waals surface area contributed by atoms with Crippen molar-refractivity contribution in [2.75, 3.05) is 18.5 Å². The van der Waals surface area contributed by atoms with E-state index >= 15 is 0 Å². The van der Waals surface area contributed by atoms with E-state index in [9.17, 15) is 14.4 Å². The number of hydrogen-bond donors (Lipinski definition) is 2. The first-order valence-electron chi connectivity index (χ1n) is 7.15. The van der Waals surface area contributed by atoms with Crippen LogP contribution in [0.15, 0.2) is 36.5 Å². The number of hydrogen-bond acceptors (Lipinski definition) is 5. The summed E-state index contributed by atoms with van der Waals surface area (Å²) >= 11 is 17.3. The average Bonchev–Trinajstić information content (AvgIpc) is 2.61. The van der Waals surface area contributed by atoms with Crippen LogP contribution in [0.4, 0.5) is 5.82 Å². The molecule has 0 unspecified atom stereocenters. The smallest absolute Gasteiger partial charge is 0.325 e. The first-order chi connectivity index (χ1) is 12.3. The largest absolute Gasteiger partial charge is 0.454 e. The number of carbonyl (C=O) groups excluding carboxylic acids is 3. The molecule has 2 aromatic rings. The number of nitrogens with one attached hydrogen (secondary N) is 2. The molecule has 2 N–H and O–H groups in total. The third-order valence-corrected chi connectivity index (χ3v) is 3.68. The second-order valence-electron chi connectivity index (χ2n) is 4.88. The zero-order chi connectivity index (χ0) is 19.1. The Hall–Kier alpha value is -2.35. The molecule has 1 heterocycles. The fourth-order valence-electron chi connectivity index (χ4n) is 1.73. The molecule has 136 valence electrons. The average molecular weight is 417 g/mol. The molecule has 0 bridgehead atoms. The first kappa shape index (κ1) is 20.0. The van der Waals surface area contributed by atoms with E-state index in [1.54, 1.807) is 12.1 Å². The number of pyridine rings is 1. The van der Waals surface area contributed by atoms with Crippen LogP contribution < -0.4 is 10.6 Å². The van der Waals surface area contributed by atoms with Crippen LogP contribution in [0.3, 0.4) is 0 Å². The van der Waals surface area contributed by atoms with Crippen molar-refractivity contribution >= 4 is 58.4 Å². The minimum atomic E-state index is -0.780. The topological polar surface area (TPSA) is 97.4 Å². The van der Waals surface area contributed by atoms with Gasteiger partial charge in [0, 0.05) is 16.8 Å². The first-order valence-corrected chi connectivity index (χ1v) is 8.29. The zero-order valence-corrected chi connectivity index (χ0v) is 15.4. The normalized spacial score (nSPS) is 10.1. The standard InChI is InChI=1S/C16H12Cl3N3O4/c17-10-3-1-9(2-4-10)16(25)21-7-14(24)26-8-13(23)22-15-12(19)5-11(18)6-20-15/h1-6H,7-8H2,(H,21,25)(H,20,22,23). The molecule has 0 aliphatic carbocycles. The lowest BCUT2D eigenvalue weighted by molar-refractivity contribution is -0.146. The van der Waals surface area contributed by atoms with Crippen LogP contribution in [0, 0.1) is 0 Å². The second kappa shape index (κ2) is 9.38. The minimum Gasteiger partial charge on any atom is -0.454 e. The Bertz CT molecular complexity index is 828. The maximum absolute atomic E-state index is 11.8. The molecule has 0 radical (unpaired) electrons. The van der Waals surface area contributed by atoms with Gasteiger partial charge in [-0.05, 0) is 30.3 Å². The predicted octanol–water partition coefficient (Wildman–Crippen LogP) is 2.95. The number of benzene rings is 1. The number of halogens is 3. The van der Waals surface area contributed by atoms with E-state index in [-0.39, 0.29) is 10.8 Å². The van der Waals surface area contributed by atoms with Crippen molar-refractivity contribution in [3.05, 3.63) is 57.2 Å². The molecule has 0 saturated carbocycles. The molecule has 0 aliphatic rings. The van der Waals surface area contributed by atoms with Crippen molar-refractivity contribution in [2.45, 2.75) is 0 Å². The van der Waals surface area contributed by atoms with E-state index in [1.165, 1.54) is 24.4 Å². The molecule has 0 fully saturated rings. The monoisotopic (exact) mass is 415 g/mol. The highest BCUT2D eigenvalue weighted by Crippen LogP contribution is 2.22. The molecule has 10 heteroatoms. The summed E-state index contributed by atoms with van der Waals surface area (Å²) < 4.78 is 4.76. The molecule has 2 rings (SSSR count). The molecule has 2 amide bonds. The van der Waals surface area contributed by atoms with Crippen LogP contribution >= 0.6 is 34.8 Å². The van der Waals surface area contributed by atoms with Gasteiger partial charge in [-0.3, -0.25) is 14.4 Å². The van der Waals surface area contributed by atoms with Crippen molar-refractivity contribution < 1.29 is 19.1 Å². The van der Waals surface area contributed by atoms with Gasteiger partial charge < -0.3 is 15.4 Å².